The van der Waals surface area contributed by atoms with Crippen LogP contribution in [0.5, 0.6) is 11.5 Å². The molecule has 1 aliphatic rings. The highest BCUT2D eigenvalue weighted by Crippen LogP contribution is 2.43. The number of carbonyl (C=O) groups excluding carboxylic acids is 1. The van der Waals surface area contributed by atoms with Crippen LogP contribution in [-0.4, -0.2) is 33.4 Å². The number of aromatic nitrogens is 2. The van der Waals surface area contributed by atoms with Gasteiger partial charge in [-0.2, -0.15) is 0 Å². The standard InChI is InChI=1S/C19H16FN3O3S/c1-26-15-6-5-11(7-14(15)24)18-17-19(22-16(25)9-27-18)21-10-23(17)13-4-2-3-12(20)8-13/h2-8,10,18,24H,9H2,1H3,(H,22,25)/t18-/m1/s1. The number of fused-ring (bicyclic) bond motifs is 1. The maximum absolute atomic E-state index is 13.7. The van der Waals surface area contributed by atoms with Crippen molar-refractivity contribution in [2.24, 2.45) is 0 Å². The van der Waals surface area contributed by atoms with Crippen molar-refractivity contribution < 1.29 is 19.0 Å². The van der Waals surface area contributed by atoms with Gasteiger partial charge in [0.1, 0.15) is 12.1 Å². The van der Waals surface area contributed by atoms with Crippen LogP contribution in [-0.2, 0) is 4.79 Å². The van der Waals surface area contributed by atoms with Gasteiger partial charge in [-0.1, -0.05) is 12.1 Å². The summed E-state index contributed by atoms with van der Waals surface area (Å²) in [6.07, 6.45) is 1.56. The molecule has 0 saturated carbocycles. The molecule has 2 heterocycles. The van der Waals surface area contributed by atoms with Crippen LogP contribution >= 0.6 is 11.8 Å². The van der Waals surface area contributed by atoms with E-state index in [0.717, 1.165) is 5.56 Å². The fraction of sp³-hybridized carbons (Fsp3) is 0.158. The van der Waals surface area contributed by atoms with Crippen LogP contribution in [0.15, 0.2) is 48.8 Å². The minimum atomic E-state index is -0.362. The highest BCUT2D eigenvalue weighted by Gasteiger charge is 2.29. The lowest BCUT2D eigenvalue weighted by Gasteiger charge is -2.19. The number of hydrogen-bond acceptors (Lipinski definition) is 5. The summed E-state index contributed by atoms with van der Waals surface area (Å²) in [6.45, 7) is 0. The fourth-order valence-electron chi connectivity index (χ4n) is 3.07. The Balaban J connectivity index is 1.87. The molecule has 0 bridgehead atoms. The van der Waals surface area contributed by atoms with E-state index in [-0.39, 0.29) is 28.5 Å². The van der Waals surface area contributed by atoms with E-state index in [0.29, 0.717) is 22.9 Å². The summed E-state index contributed by atoms with van der Waals surface area (Å²) in [4.78, 5) is 16.4. The summed E-state index contributed by atoms with van der Waals surface area (Å²) in [5.74, 6) is 0.513. The largest absolute Gasteiger partial charge is 0.504 e. The summed E-state index contributed by atoms with van der Waals surface area (Å²) in [6, 6.07) is 11.3. The average molecular weight is 385 g/mol. The number of amides is 1. The molecule has 8 heteroatoms. The van der Waals surface area contributed by atoms with Gasteiger partial charge >= 0.3 is 0 Å². The maximum atomic E-state index is 13.7. The van der Waals surface area contributed by atoms with Crippen LogP contribution in [0.1, 0.15) is 16.5 Å². The monoisotopic (exact) mass is 385 g/mol. The number of halogens is 1. The molecule has 4 rings (SSSR count). The molecule has 2 N–H and O–H groups in total. The van der Waals surface area contributed by atoms with Crippen LogP contribution in [0.4, 0.5) is 10.2 Å². The van der Waals surface area contributed by atoms with E-state index in [4.69, 9.17) is 4.74 Å². The van der Waals surface area contributed by atoms with Crippen molar-refractivity contribution in [3.63, 3.8) is 0 Å². The Morgan fingerprint density at radius 2 is 2.19 bits per heavy atom. The van der Waals surface area contributed by atoms with E-state index in [1.165, 1.54) is 31.0 Å². The molecular formula is C19H16FN3O3S. The van der Waals surface area contributed by atoms with Crippen molar-refractivity contribution in [3.8, 4) is 17.2 Å². The van der Waals surface area contributed by atoms with Crippen molar-refractivity contribution in [2.75, 3.05) is 18.2 Å². The summed E-state index contributed by atoms with van der Waals surface area (Å²) in [7, 11) is 1.48. The van der Waals surface area contributed by atoms with Crippen molar-refractivity contribution in [1.29, 1.82) is 0 Å². The SMILES string of the molecule is COc1ccc([C@H]2SCC(=O)Nc3ncn(-c4cccc(F)c4)c32)cc1O. The summed E-state index contributed by atoms with van der Waals surface area (Å²) in [5.41, 5.74) is 2.10. The molecule has 3 aromatic rings. The lowest BCUT2D eigenvalue weighted by atomic mass is 10.1. The number of rotatable bonds is 3. The number of ether oxygens (including phenoxy) is 1. The molecule has 1 amide bonds. The Morgan fingerprint density at radius 1 is 1.33 bits per heavy atom. The minimum absolute atomic E-state index is 0.0116. The number of thioether (sulfide) groups is 1. The van der Waals surface area contributed by atoms with Crippen LogP contribution < -0.4 is 10.1 Å². The lowest BCUT2D eigenvalue weighted by molar-refractivity contribution is -0.113. The van der Waals surface area contributed by atoms with Crippen LogP contribution in [0.25, 0.3) is 5.69 Å². The number of hydrogen-bond donors (Lipinski definition) is 2. The van der Waals surface area contributed by atoms with Crippen LogP contribution in [0.2, 0.25) is 0 Å². The summed E-state index contributed by atoms with van der Waals surface area (Å²) in [5, 5.41) is 12.7. The van der Waals surface area contributed by atoms with E-state index < -0.39 is 0 Å². The molecule has 1 atom stereocenters. The topological polar surface area (TPSA) is 76.4 Å². The number of methoxy groups -OCH3 is 1. The highest BCUT2D eigenvalue weighted by atomic mass is 32.2. The number of aromatic hydroxyl groups is 1. The predicted octanol–water partition coefficient (Wildman–Crippen LogP) is 3.50. The second-order valence-corrected chi connectivity index (χ2v) is 7.09. The second-order valence-electron chi connectivity index (χ2n) is 6.00. The first-order valence-corrected chi connectivity index (χ1v) is 9.23. The third-order valence-corrected chi connectivity index (χ3v) is 5.54. The van der Waals surface area contributed by atoms with Gasteiger partial charge in [0.25, 0.3) is 0 Å². The van der Waals surface area contributed by atoms with Gasteiger partial charge in [0.15, 0.2) is 17.3 Å². The molecule has 1 aromatic heterocycles. The van der Waals surface area contributed by atoms with Gasteiger partial charge in [-0.15, -0.1) is 11.8 Å². The van der Waals surface area contributed by atoms with Crippen molar-refractivity contribution in [2.45, 2.75) is 5.25 Å². The number of anilines is 1. The van der Waals surface area contributed by atoms with Crippen LogP contribution in [0, 0.1) is 5.82 Å². The van der Waals surface area contributed by atoms with Crippen molar-refractivity contribution >= 4 is 23.5 Å². The molecule has 2 aromatic carbocycles. The Bertz CT molecular complexity index is 1020. The van der Waals surface area contributed by atoms with Crippen LogP contribution in [0.3, 0.4) is 0 Å². The number of nitrogens with one attached hydrogen (secondary N) is 1. The van der Waals surface area contributed by atoms with Gasteiger partial charge in [0, 0.05) is 5.69 Å². The first-order valence-electron chi connectivity index (χ1n) is 8.18. The van der Waals surface area contributed by atoms with Gasteiger partial charge in [0.2, 0.25) is 5.91 Å². The van der Waals surface area contributed by atoms with Crippen molar-refractivity contribution in [1.82, 2.24) is 9.55 Å². The Kier molecular flexibility index (Phi) is 4.49. The normalized spacial score (nSPS) is 16.4. The number of imidazole rings is 1. The third-order valence-electron chi connectivity index (χ3n) is 4.28. The Hall–Kier alpha value is -3.00. The van der Waals surface area contributed by atoms with Gasteiger partial charge in [0.05, 0.1) is 23.8 Å². The second kappa shape index (κ2) is 6.96. The Morgan fingerprint density at radius 3 is 2.93 bits per heavy atom. The number of benzene rings is 2. The van der Waals surface area contributed by atoms with E-state index in [9.17, 15) is 14.3 Å². The van der Waals surface area contributed by atoms with E-state index in [1.54, 1.807) is 35.2 Å². The van der Waals surface area contributed by atoms with Gasteiger partial charge in [-0.3, -0.25) is 9.36 Å². The van der Waals surface area contributed by atoms with Gasteiger partial charge in [-0.05, 0) is 35.9 Å². The molecule has 0 spiro atoms. The number of carbonyl (C=O) groups is 1. The Labute approximate surface area is 159 Å². The third kappa shape index (κ3) is 3.23. The molecule has 0 aliphatic carbocycles. The molecular weight excluding hydrogens is 369 g/mol. The first-order chi connectivity index (χ1) is 13.1. The minimum Gasteiger partial charge on any atom is -0.504 e. The van der Waals surface area contributed by atoms with E-state index in [2.05, 4.69) is 10.3 Å². The molecule has 6 nitrogen and oxygen atoms in total. The first kappa shape index (κ1) is 17.4. The zero-order chi connectivity index (χ0) is 19.0. The summed E-state index contributed by atoms with van der Waals surface area (Å²) < 4.78 is 20.6. The molecule has 0 saturated heterocycles. The van der Waals surface area contributed by atoms with E-state index in [1.807, 2.05) is 6.07 Å². The molecule has 138 valence electrons. The predicted molar refractivity (Wildman–Crippen MR) is 101 cm³/mol. The molecule has 27 heavy (non-hydrogen) atoms. The zero-order valence-corrected chi connectivity index (χ0v) is 15.2. The van der Waals surface area contributed by atoms with Gasteiger partial charge < -0.3 is 15.2 Å². The lowest BCUT2D eigenvalue weighted by Crippen LogP contribution is -2.12. The zero-order valence-electron chi connectivity index (χ0n) is 14.3. The highest BCUT2D eigenvalue weighted by molar-refractivity contribution is 8.00. The van der Waals surface area contributed by atoms with Crippen molar-refractivity contribution in [3.05, 3.63) is 65.9 Å². The smallest absolute Gasteiger partial charge is 0.235 e. The molecule has 1 aliphatic heterocycles. The molecule has 0 fully saturated rings. The average Bonchev–Trinajstić information content (AvgIpc) is 2.98. The number of phenolic OH excluding ortho intramolecular Hbond substituents is 1. The fourth-order valence-corrected chi connectivity index (χ4v) is 4.18. The quantitative estimate of drug-likeness (QED) is 0.722. The summed E-state index contributed by atoms with van der Waals surface area (Å²) >= 11 is 1.41. The molecule has 0 radical (unpaired) electrons. The number of phenols is 1. The van der Waals surface area contributed by atoms with E-state index >= 15 is 0 Å². The molecule has 0 unspecified atom stereocenters. The number of nitrogens with zero attached hydrogens (tertiary/aromatic N) is 2. The maximum Gasteiger partial charge on any atom is 0.235 e. The van der Waals surface area contributed by atoms with Gasteiger partial charge in [-0.25, -0.2) is 9.37 Å².